The van der Waals surface area contributed by atoms with Gasteiger partial charge in [-0.15, -0.1) is 0 Å². The minimum Gasteiger partial charge on any atom is -0.360 e. The van der Waals surface area contributed by atoms with E-state index in [0.29, 0.717) is 6.54 Å². The maximum atomic E-state index is 11.8. The van der Waals surface area contributed by atoms with E-state index >= 15 is 0 Å². The Balaban J connectivity index is 2.30. The van der Waals surface area contributed by atoms with E-state index in [0.717, 1.165) is 28.8 Å². The van der Waals surface area contributed by atoms with Crippen molar-refractivity contribution in [2.24, 2.45) is 5.73 Å². The number of rotatable bonds is 2. The fourth-order valence-electron chi connectivity index (χ4n) is 2.14. The van der Waals surface area contributed by atoms with Gasteiger partial charge in [0.25, 0.3) is 0 Å². The summed E-state index contributed by atoms with van der Waals surface area (Å²) in [5, 5.41) is 0. The average molecular weight is 312 g/mol. The molecule has 18 heavy (non-hydrogen) atoms. The molecule has 1 saturated heterocycles. The predicted molar refractivity (Wildman–Crippen MR) is 76.6 cm³/mol. The van der Waals surface area contributed by atoms with Crippen LogP contribution in [0.2, 0.25) is 0 Å². The van der Waals surface area contributed by atoms with Crippen LogP contribution < -0.4 is 10.6 Å². The van der Waals surface area contributed by atoms with Crippen molar-refractivity contribution in [2.45, 2.75) is 13.0 Å². The number of piperazine rings is 1. The molecule has 1 unspecified atom stereocenters. The Bertz CT molecular complexity index is 462. The van der Waals surface area contributed by atoms with Crippen molar-refractivity contribution < 1.29 is 4.79 Å². The SMILES string of the molecule is CC(N)c1cc(Br)ccc1N1CCN(C)C(=O)C1. The number of nitrogens with zero attached hydrogens (tertiary/aromatic N) is 2. The Hall–Kier alpha value is -1.07. The van der Waals surface area contributed by atoms with Crippen molar-refractivity contribution in [1.29, 1.82) is 0 Å². The largest absolute Gasteiger partial charge is 0.360 e. The van der Waals surface area contributed by atoms with Crippen molar-refractivity contribution in [3.05, 3.63) is 28.2 Å². The lowest BCUT2D eigenvalue weighted by molar-refractivity contribution is -0.129. The summed E-state index contributed by atoms with van der Waals surface area (Å²) in [5.74, 6) is 0.153. The Morgan fingerprint density at radius 2 is 2.11 bits per heavy atom. The molecule has 1 heterocycles. The summed E-state index contributed by atoms with van der Waals surface area (Å²) >= 11 is 3.46. The topological polar surface area (TPSA) is 49.6 Å². The second kappa shape index (κ2) is 5.28. The molecular weight excluding hydrogens is 294 g/mol. The van der Waals surface area contributed by atoms with Crippen LogP contribution in [0.3, 0.4) is 0 Å². The summed E-state index contributed by atoms with van der Waals surface area (Å²) in [6.45, 7) is 4.00. The summed E-state index contributed by atoms with van der Waals surface area (Å²) in [4.78, 5) is 15.6. The molecule has 98 valence electrons. The number of anilines is 1. The molecule has 1 amide bonds. The molecular formula is C13H18BrN3O. The van der Waals surface area contributed by atoms with Gasteiger partial charge in [0, 0.05) is 36.3 Å². The summed E-state index contributed by atoms with van der Waals surface area (Å²) in [6, 6.07) is 6.00. The summed E-state index contributed by atoms with van der Waals surface area (Å²) < 4.78 is 1.01. The highest BCUT2D eigenvalue weighted by molar-refractivity contribution is 9.10. The Kier molecular flexibility index (Phi) is 3.92. The molecule has 0 aliphatic carbocycles. The molecule has 0 radical (unpaired) electrons. The highest BCUT2D eigenvalue weighted by Crippen LogP contribution is 2.29. The van der Waals surface area contributed by atoms with Crippen molar-refractivity contribution in [3.63, 3.8) is 0 Å². The summed E-state index contributed by atoms with van der Waals surface area (Å²) in [7, 11) is 1.84. The molecule has 2 N–H and O–H groups in total. The maximum absolute atomic E-state index is 11.8. The van der Waals surface area contributed by atoms with E-state index in [4.69, 9.17) is 5.73 Å². The zero-order chi connectivity index (χ0) is 13.3. The minimum absolute atomic E-state index is 0.0488. The van der Waals surface area contributed by atoms with Crippen LogP contribution in [0, 0.1) is 0 Å². The number of amides is 1. The maximum Gasteiger partial charge on any atom is 0.241 e. The molecule has 2 rings (SSSR count). The van der Waals surface area contributed by atoms with Gasteiger partial charge in [0.05, 0.1) is 6.54 Å². The molecule has 0 saturated carbocycles. The van der Waals surface area contributed by atoms with Crippen molar-refractivity contribution >= 4 is 27.5 Å². The molecule has 0 bridgehead atoms. The van der Waals surface area contributed by atoms with Crippen LogP contribution in [-0.4, -0.2) is 37.5 Å². The lowest BCUT2D eigenvalue weighted by Gasteiger charge is -2.35. The van der Waals surface area contributed by atoms with Gasteiger partial charge >= 0.3 is 0 Å². The number of carbonyl (C=O) groups excluding carboxylic acids is 1. The number of benzene rings is 1. The first-order valence-electron chi connectivity index (χ1n) is 6.03. The van der Waals surface area contributed by atoms with Crippen LogP contribution in [0.5, 0.6) is 0 Å². The van der Waals surface area contributed by atoms with E-state index in [-0.39, 0.29) is 11.9 Å². The smallest absolute Gasteiger partial charge is 0.241 e. The van der Waals surface area contributed by atoms with Gasteiger partial charge in [0.15, 0.2) is 0 Å². The minimum atomic E-state index is -0.0488. The van der Waals surface area contributed by atoms with Gasteiger partial charge in [-0.1, -0.05) is 15.9 Å². The van der Waals surface area contributed by atoms with E-state index in [1.807, 2.05) is 32.2 Å². The normalized spacial score (nSPS) is 18.1. The first kappa shape index (κ1) is 13.4. The lowest BCUT2D eigenvalue weighted by Crippen LogP contribution is -2.49. The monoisotopic (exact) mass is 311 g/mol. The van der Waals surface area contributed by atoms with Crippen LogP contribution >= 0.6 is 15.9 Å². The summed E-state index contributed by atoms with van der Waals surface area (Å²) in [5.41, 5.74) is 8.14. The van der Waals surface area contributed by atoms with Gasteiger partial charge in [-0.2, -0.15) is 0 Å². The number of hydrogen-bond donors (Lipinski definition) is 1. The number of carbonyl (C=O) groups is 1. The zero-order valence-corrected chi connectivity index (χ0v) is 12.3. The fourth-order valence-corrected chi connectivity index (χ4v) is 2.52. The number of nitrogens with two attached hydrogens (primary N) is 1. The third kappa shape index (κ3) is 2.67. The second-order valence-electron chi connectivity index (χ2n) is 4.73. The van der Waals surface area contributed by atoms with Gasteiger partial charge in [0.1, 0.15) is 0 Å². The molecule has 1 aromatic rings. The second-order valence-corrected chi connectivity index (χ2v) is 5.64. The van der Waals surface area contributed by atoms with E-state index in [9.17, 15) is 4.79 Å². The van der Waals surface area contributed by atoms with Gasteiger partial charge in [0.2, 0.25) is 5.91 Å². The molecule has 1 aromatic carbocycles. The molecule has 0 spiro atoms. The van der Waals surface area contributed by atoms with E-state index < -0.39 is 0 Å². The Labute approximate surface area is 116 Å². The van der Waals surface area contributed by atoms with Gasteiger partial charge in [-0.05, 0) is 30.7 Å². The van der Waals surface area contributed by atoms with Crippen LogP contribution in [-0.2, 0) is 4.79 Å². The predicted octanol–water partition coefficient (Wildman–Crippen LogP) is 1.75. The number of halogens is 1. The van der Waals surface area contributed by atoms with Crippen molar-refractivity contribution in [3.8, 4) is 0 Å². The van der Waals surface area contributed by atoms with Crippen LogP contribution in [0.1, 0.15) is 18.5 Å². The van der Waals surface area contributed by atoms with Crippen LogP contribution in [0.15, 0.2) is 22.7 Å². The quantitative estimate of drug-likeness (QED) is 0.905. The van der Waals surface area contributed by atoms with E-state index in [2.05, 4.69) is 20.8 Å². The first-order chi connectivity index (χ1) is 8.49. The first-order valence-corrected chi connectivity index (χ1v) is 6.82. The zero-order valence-electron chi connectivity index (χ0n) is 10.7. The highest BCUT2D eigenvalue weighted by atomic mass is 79.9. The highest BCUT2D eigenvalue weighted by Gasteiger charge is 2.23. The number of likely N-dealkylation sites (N-methyl/N-ethyl adjacent to an activating group) is 1. The van der Waals surface area contributed by atoms with Crippen LogP contribution in [0.25, 0.3) is 0 Å². The molecule has 0 aromatic heterocycles. The standard InChI is InChI=1S/C13H18BrN3O/c1-9(15)11-7-10(14)3-4-12(11)17-6-5-16(2)13(18)8-17/h3-4,7,9H,5-6,8,15H2,1-2H3. The molecule has 1 fully saturated rings. The Morgan fingerprint density at radius 3 is 2.72 bits per heavy atom. The Morgan fingerprint density at radius 1 is 1.39 bits per heavy atom. The molecule has 4 nitrogen and oxygen atoms in total. The third-order valence-corrected chi connectivity index (χ3v) is 3.77. The molecule has 5 heteroatoms. The number of hydrogen-bond acceptors (Lipinski definition) is 3. The molecule has 1 aliphatic heterocycles. The van der Waals surface area contributed by atoms with Crippen molar-refractivity contribution in [1.82, 2.24) is 4.90 Å². The van der Waals surface area contributed by atoms with Gasteiger partial charge in [-0.25, -0.2) is 0 Å². The van der Waals surface area contributed by atoms with Gasteiger partial charge in [-0.3, -0.25) is 4.79 Å². The average Bonchev–Trinajstić information content (AvgIpc) is 2.32. The lowest BCUT2D eigenvalue weighted by atomic mass is 10.1. The summed E-state index contributed by atoms with van der Waals surface area (Å²) in [6.07, 6.45) is 0. The van der Waals surface area contributed by atoms with E-state index in [1.165, 1.54) is 0 Å². The van der Waals surface area contributed by atoms with Crippen LogP contribution in [0.4, 0.5) is 5.69 Å². The van der Waals surface area contributed by atoms with E-state index in [1.54, 1.807) is 4.90 Å². The molecule has 1 atom stereocenters. The molecule has 1 aliphatic rings. The van der Waals surface area contributed by atoms with Crippen molar-refractivity contribution in [2.75, 3.05) is 31.6 Å². The third-order valence-electron chi connectivity index (χ3n) is 3.28. The fraction of sp³-hybridized carbons (Fsp3) is 0.462. The van der Waals surface area contributed by atoms with Gasteiger partial charge < -0.3 is 15.5 Å².